The van der Waals surface area contributed by atoms with Gasteiger partial charge in [0.1, 0.15) is 10.6 Å². The van der Waals surface area contributed by atoms with Crippen molar-refractivity contribution >= 4 is 39.6 Å². The summed E-state index contributed by atoms with van der Waals surface area (Å²) in [7, 11) is 0. The van der Waals surface area contributed by atoms with Gasteiger partial charge in [-0.15, -0.1) is 11.3 Å². The molecule has 0 bridgehead atoms. The highest BCUT2D eigenvalue weighted by Gasteiger charge is 2.26. The van der Waals surface area contributed by atoms with Gasteiger partial charge in [-0.3, -0.25) is 25.0 Å². The van der Waals surface area contributed by atoms with Crippen molar-refractivity contribution in [2.24, 2.45) is 0 Å². The number of nitrogens with zero attached hydrogens (tertiary/aromatic N) is 2. The Hall–Kier alpha value is -3.34. The maximum atomic E-state index is 12.6. The number of benzene rings is 1. The van der Waals surface area contributed by atoms with Gasteiger partial charge in [-0.25, -0.2) is 4.79 Å². The van der Waals surface area contributed by atoms with Crippen LogP contribution in [0.3, 0.4) is 0 Å². The number of anilines is 1. The minimum absolute atomic E-state index is 0.150. The van der Waals surface area contributed by atoms with Crippen molar-refractivity contribution in [2.75, 3.05) is 11.9 Å². The van der Waals surface area contributed by atoms with E-state index < -0.39 is 33.1 Å². The van der Waals surface area contributed by atoms with Crippen LogP contribution in [0.2, 0.25) is 0 Å². The Morgan fingerprint density at radius 1 is 1.11 bits per heavy atom. The second kappa shape index (κ2) is 8.57. The van der Waals surface area contributed by atoms with E-state index in [0.717, 1.165) is 28.3 Å². The first-order chi connectivity index (χ1) is 13.2. The third-order valence-electron chi connectivity index (χ3n) is 3.86. The molecule has 0 fully saturated rings. The number of hydrogen-bond donors (Lipinski definition) is 1. The van der Waals surface area contributed by atoms with Gasteiger partial charge >= 0.3 is 5.97 Å². The predicted octanol–water partition coefficient (Wildman–Crippen LogP) is 3.86. The first kappa shape index (κ1) is 21.0. The van der Waals surface area contributed by atoms with Crippen molar-refractivity contribution in [3.63, 3.8) is 0 Å². The molecule has 10 nitrogen and oxygen atoms in total. The number of nitro benzene ring substituents is 2. The average molecular weight is 407 g/mol. The van der Waals surface area contributed by atoms with E-state index in [9.17, 15) is 29.8 Å². The lowest BCUT2D eigenvalue weighted by atomic mass is 10.1. The quantitative estimate of drug-likeness (QED) is 0.417. The van der Waals surface area contributed by atoms with E-state index in [0.29, 0.717) is 6.42 Å². The second-order valence-electron chi connectivity index (χ2n) is 5.64. The molecule has 1 N–H and O–H groups in total. The molecule has 2 rings (SSSR count). The first-order valence-corrected chi connectivity index (χ1v) is 9.05. The smallest absolute Gasteiger partial charge is 0.341 e. The van der Waals surface area contributed by atoms with Crippen LogP contribution >= 0.6 is 11.3 Å². The van der Waals surface area contributed by atoms with Crippen LogP contribution in [0.15, 0.2) is 18.2 Å². The van der Waals surface area contributed by atoms with Gasteiger partial charge in [0.15, 0.2) is 0 Å². The van der Waals surface area contributed by atoms with Crippen LogP contribution in [0.5, 0.6) is 0 Å². The van der Waals surface area contributed by atoms with Crippen molar-refractivity contribution in [2.45, 2.75) is 27.2 Å². The summed E-state index contributed by atoms with van der Waals surface area (Å²) in [5, 5.41) is 25.1. The number of carbonyl (C=O) groups excluding carboxylic acids is 2. The molecule has 11 heteroatoms. The summed E-state index contributed by atoms with van der Waals surface area (Å²) in [5.41, 5.74) is -1.32. The largest absolute Gasteiger partial charge is 0.462 e. The van der Waals surface area contributed by atoms with Crippen LogP contribution in [-0.2, 0) is 11.2 Å². The highest BCUT2D eigenvalue weighted by atomic mass is 32.1. The van der Waals surface area contributed by atoms with Crippen LogP contribution in [-0.4, -0.2) is 28.3 Å². The molecule has 148 valence electrons. The lowest BCUT2D eigenvalue weighted by Gasteiger charge is -2.07. The molecule has 0 aliphatic heterocycles. The standard InChI is InChI=1S/C17H17N3O7S/c1-4-11-8-12(17(22)27-5-2)16(28-11)18-15(21)10-6-13(19(23)24)9(3)14(7-10)20(25)26/h6-8H,4-5H2,1-3H3,(H,18,21). The Morgan fingerprint density at radius 2 is 1.68 bits per heavy atom. The molecular formula is C17H17N3O7S. The van der Waals surface area contributed by atoms with Gasteiger partial charge in [0.25, 0.3) is 17.3 Å². The van der Waals surface area contributed by atoms with E-state index in [1.165, 1.54) is 6.92 Å². The minimum Gasteiger partial charge on any atom is -0.462 e. The molecule has 0 saturated carbocycles. The summed E-state index contributed by atoms with van der Waals surface area (Å²) in [6.45, 7) is 4.91. The Morgan fingerprint density at radius 3 is 2.14 bits per heavy atom. The third kappa shape index (κ3) is 4.31. The van der Waals surface area contributed by atoms with E-state index in [2.05, 4.69) is 5.32 Å². The van der Waals surface area contributed by atoms with Crippen molar-refractivity contribution in [1.29, 1.82) is 0 Å². The van der Waals surface area contributed by atoms with Crippen molar-refractivity contribution in [1.82, 2.24) is 0 Å². The zero-order valence-electron chi connectivity index (χ0n) is 15.3. The fraction of sp³-hybridized carbons (Fsp3) is 0.294. The number of thiophene rings is 1. The Labute approximate surface area is 163 Å². The molecule has 0 radical (unpaired) electrons. The lowest BCUT2D eigenvalue weighted by molar-refractivity contribution is -0.395. The summed E-state index contributed by atoms with van der Waals surface area (Å²) in [6, 6.07) is 3.53. The number of nitrogens with one attached hydrogen (secondary N) is 1. The summed E-state index contributed by atoms with van der Waals surface area (Å²) in [6.07, 6.45) is 0.619. The van der Waals surface area contributed by atoms with Crippen molar-refractivity contribution < 1.29 is 24.2 Å². The molecule has 28 heavy (non-hydrogen) atoms. The summed E-state index contributed by atoms with van der Waals surface area (Å²) < 4.78 is 4.97. The number of esters is 1. The van der Waals surface area contributed by atoms with Crippen molar-refractivity contribution in [3.8, 4) is 0 Å². The van der Waals surface area contributed by atoms with Crippen molar-refractivity contribution in [3.05, 3.63) is 60.0 Å². The molecule has 1 heterocycles. The van der Waals surface area contributed by atoms with Crippen LogP contribution in [0, 0.1) is 27.2 Å². The first-order valence-electron chi connectivity index (χ1n) is 8.24. The maximum absolute atomic E-state index is 12.6. The highest BCUT2D eigenvalue weighted by molar-refractivity contribution is 7.16. The third-order valence-corrected chi connectivity index (χ3v) is 5.06. The van der Waals surface area contributed by atoms with Gasteiger partial charge in [-0.2, -0.15) is 0 Å². The van der Waals surface area contributed by atoms with Gasteiger partial charge in [0.2, 0.25) is 0 Å². The molecule has 2 aromatic rings. The van der Waals surface area contributed by atoms with Crippen LogP contribution in [0.4, 0.5) is 16.4 Å². The van der Waals surface area contributed by atoms with Gasteiger partial charge in [0, 0.05) is 17.0 Å². The number of nitro groups is 2. The highest BCUT2D eigenvalue weighted by Crippen LogP contribution is 2.32. The Kier molecular flexibility index (Phi) is 6.41. The number of rotatable bonds is 7. The topological polar surface area (TPSA) is 142 Å². The van der Waals surface area contributed by atoms with E-state index in [1.54, 1.807) is 13.0 Å². The van der Waals surface area contributed by atoms with Gasteiger partial charge in [-0.05, 0) is 26.3 Å². The van der Waals surface area contributed by atoms with E-state index in [1.807, 2.05) is 6.92 Å². The van der Waals surface area contributed by atoms with Gasteiger partial charge in [-0.1, -0.05) is 6.92 Å². The molecule has 1 aromatic heterocycles. The van der Waals surface area contributed by atoms with Gasteiger partial charge < -0.3 is 10.1 Å². The van der Waals surface area contributed by atoms with Crippen LogP contribution in [0.1, 0.15) is 45.0 Å². The fourth-order valence-electron chi connectivity index (χ4n) is 2.44. The predicted molar refractivity (Wildman–Crippen MR) is 102 cm³/mol. The lowest BCUT2D eigenvalue weighted by Crippen LogP contribution is -2.15. The molecule has 0 aliphatic rings. The normalized spacial score (nSPS) is 10.4. The van der Waals surface area contributed by atoms with Crippen LogP contribution in [0.25, 0.3) is 0 Å². The van der Waals surface area contributed by atoms with E-state index in [-0.39, 0.29) is 28.3 Å². The van der Waals surface area contributed by atoms with E-state index in [4.69, 9.17) is 4.74 Å². The SMILES string of the molecule is CCOC(=O)c1cc(CC)sc1NC(=O)c1cc([N+](=O)[O-])c(C)c([N+](=O)[O-])c1. The maximum Gasteiger partial charge on any atom is 0.341 e. The number of aryl methyl sites for hydroxylation is 1. The Balaban J connectivity index is 2.46. The number of amides is 1. The zero-order chi connectivity index (χ0) is 21.0. The molecule has 1 amide bonds. The monoisotopic (exact) mass is 407 g/mol. The average Bonchev–Trinajstić information content (AvgIpc) is 3.04. The summed E-state index contributed by atoms with van der Waals surface area (Å²) in [5.74, 6) is -1.42. The molecule has 0 spiro atoms. The molecule has 0 atom stereocenters. The van der Waals surface area contributed by atoms with Gasteiger partial charge in [0.05, 0.1) is 27.6 Å². The number of hydrogen-bond acceptors (Lipinski definition) is 8. The molecule has 0 saturated heterocycles. The molecule has 0 unspecified atom stereocenters. The summed E-state index contributed by atoms with van der Waals surface area (Å²) >= 11 is 1.16. The fourth-order valence-corrected chi connectivity index (χ4v) is 3.42. The summed E-state index contributed by atoms with van der Waals surface area (Å²) in [4.78, 5) is 46.3. The number of carbonyl (C=O) groups is 2. The minimum atomic E-state index is -0.804. The molecule has 1 aromatic carbocycles. The number of ether oxygens (including phenoxy) is 1. The Bertz CT molecular complexity index is 933. The van der Waals surface area contributed by atoms with E-state index >= 15 is 0 Å². The molecule has 0 aliphatic carbocycles. The van der Waals surface area contributed by atoms with Crippen LogP contribution < -0.4 is 5.32 Å². The zero-order valence-corrected chi connectivity index (χ0v) is 16.1. The second-order valence-corrected chi connectivity index (χ2v) is 6.77. The molecular weight excluding hydrogens is 390 g/mol.